The summed E-state index contributed by atoms with van der Waals surface area (Å²) in [6.45, 7) is 5.72. The van der Waals surface area contributed by atoms with Gasteiger partial charge in [0.15, 0.2) is 5.13 Å². The molecule has 1 saturated heterocycles. The molecular formula is C15H19N5OS. The van der Waals surface area contributed by atoms with Crippen molar-refractivity contribution in [1.82, 2.24) is 10.3 Å². The van der Waals surface area contributed by atoms with E-state index in [1.54, 1.807) is 23.5 Å². The monoisotopic (exact) mass is 317 g/mol. The highest BCUT2D eigenvalue weighted by molar-refractivity contribution is 7.13. The number of nitrogens with two attached hydrogens (primary N) is 1. The second-order valence-corrected chi connectivity index (χ2v) is 6.11. The van der Waals surface area contributed by atoms with E-state index < -0.39 is 5.91 Å². The summed E-state index contributed by atoms with van der Waals surface area (Å²) in [6.07, 6.45) is 0. The molecule has 0 aliphatic carbocycles. The molecule has 0 radical (unpaired) electrons. The van der Waals surface area contributed by atoms with E-state index in [1.165, 1.54) is 0 Å². The van der Waals surface area contributed by atoms with E-state index in [-0.39, 0.29) is 0 Å². The van der Waals surface area contributed by atoms with Crippen LogP contribution in [-0.4, -0.2) is 37.1 Å². The van der Waals surface area contributed by atoms with Gasteiger partial charge in [-0.1, -0.05) is 0 Å². The molecule has 0 atom stereocenters. The fraction of sp³-hybridized carbons (Fsp3) is 0.333. The molecule has 0 unspecified atom stereocenters. The molecule has 2 heterocycles. The van der Waals surface area contributed by atoms with Crippen LogP contribution in [0.2, 0.25) is 0 Å². The lowest BCUT2D eigenvalue weighted by Gasteiger charge is -2.31. The zero-order chi connectivity index (χ0) is 15.5. The summed E-state index contributed by atoms with van der Waals surface area (Å²) >= 11 is 1.54. The standard InChI is InChI=1S/C15H19N5OS/c1-10-9-22-15(18-10)19-12-8-11(14(16)21)2-3-13(12)20-6-4-17-5-7-20/h2-3,8-9,17H,4-7H2,1H3,(H2,16,21)(H,18,19). The number of piperazine rings is 1. The van der Waals surface area contributed by atoms with Crippen molar-refractivity contribution < 1.29 is 4.79 Å². The van der Waals surface area contributed by atoms with Crippen molar-refractivity contribution in [3.8, 4) is 0 Å². The first kappa shape index (κ1) is 14.8. The number of anilines is 3. The minimum atomic E-state index is -0.426. The maximum atomic E-state index is 11.5. The predicted molar refractivity (Wildman–Crippen MR) is 90.2 cm³/mol. The van der Waals surface area contributed by atoms with Gasteiger partial charge in [0.25, 0.3) is 0 Å². The topological polar surface area (TPSA) is 83.3 Å². The maximum Gasteiger partial charge on any atom is 0.248 e. The van der Waals surface area contributed by atoms with E-state index in [4.69, 9.17) is 5.73 Å². The molecule has 1 aliphatic rings. The summed E-state index contributed by atoms with van der Waals surface area (Å²) in [5, 5.41) is 9.47. The van der Waals surface area contributed by atoms with Gasteiger partial charge in [-0.25, -0.2) is 4.98 Å². The summed E-state index contributed by atoms with van der Waals surface area (Å²) in [5.41, 5.74) is 8.81. The van der Waals surface area contributed by atoms with Crippen LogP contribution in [0.4, 0.5) is 16.5 Å². The van der Waals surface area contributed by atoms with Crippen LogP contribution in [0.15, 0.2) is 23.6 Å². The van der Waals surface area contributed by atoms with Gasteiger partial charge in [0.05, 0.1) is 17.1 Å². The van der Waals surface area contributed by atoms with Gasteiger partial charge in [-0.15, -0.1) is 11.3 Å². The van der Waals surface area contributed by atoms with Crippen molar-refractivity contribution in [1.29, 1.82) is 0 Å². The lowest BCUT2D eigenvalue weighted by atomic mass is 10.1. The zero-order valence-electron chi connectivity index (χ0n) is 12.4. The van der Waals surface area contributed by atoms with Crippen LogP contribution >= 0.6 is 11.3 Å². The highest BCUT2D eigenvalue weighted by Gasteiger charge is 2.16. The number of amides is 1. The minimum Gasteiger partial charge on any atom is -0.367 e. The van der Waals surface area contributed by atoms with Crippen molar-refractivity contribution in [3.63, 3.8) is 0 Å². The Labute approximate surface area is 133 Å². The van der Waals surface area contributed by atoms with Crippen molar-refractivity contribution in [2.75, 3.05) is 36.4 Å². The smallest absolute Gasteiger partial charge is 0.248 e. The van der Waals surface area contributed by atoms with Crippen LogP contribution in [0.5, 0.6) is 0 Å². The van der Waals surface area contributed by atoms with Crippen LogP contribution in [-0.2, 0) is 0 Å². The second kappa shape index (κ2) is 6.33. The normalized spacial score (nSPS) is 14.9. The number of hydrogen-bond donors (Lipinski definition) is 3. The highest BCUT2D eigenvalue weighted by Crippen LogP contribution is 2.31. The average molecular weight is 317 g/mol. The molecule has 0 saturated carbocycles. The number of rotatable bonds is 4. The Morgan fingerprint density at radius 1 is 1.41 bits per heavy atom. The maximum absolute atomic E-state index is 11.5. The van der Waals surface area contributed by atoms with E-state index in [1.807, 2.05) is 18.4 Å². The van der Waals surface area contributed by atoms with Crippen LogP contribution < -0.4 is 21.3 Å². The van der Waals surface area contributed by atoms with Gasteiger partial charge in [0.1, 0.15) is 0 Å². The number of carbonyl (C=O) groups excluding carboxylic acids is 1. The third-order valence-electron chi connectivity index (χ3n) is 3.60. The Balaban J connectivity index is 1.95. The minimum absolute atomic E-state index is 0.426. The first-order chi connectivity index (χ1) is 10.6. The number of nitrogens with zero attached hydrogens (tertiary/aromatic N) is 2. The SMILES string of the molecule is Cc1csc(Nc2cc(C(N)=O)ccc2N2CCNCC2)n1. The van der Waals surface area contributed by atoms with Crippen LogP contribution in [0, 0.1) is 6.92 Å². The molecule has 1 aromatic heterocycles. The van der Waals surface area contributed by atoms with Crippen LogP contribution in [0.25, 0.3) is 0 Å². The number of hydrogen-bond acceptors (Lipinski definition) is 6. The number of aromatic nitrogens is 1. The number of thiazole rings is 1. The number of carbonyl (C=O) groups is 1. The summed E-state index contributed by atoms with van der Waals surface area (Å²) < 4.78 is 0. The van der Waals surface area contributed by atoms with Crippen molar-refractivity contribution in [3.05, 3.63) is 34.8 Å². The molecule has 6 nitrogen and oxygen atoms in total. The molecule has 116 valence electrons. The average Bonchev–Trinajstić information content (AvgIpc) is 2.93. The lowest BCUT2D eigenvalue weighted by molar-refractivity contribution is 0.100. The summed E-state index contributed by atoms with van der Waals surface area (Å²) in [7, 11) is 0. The molecular weight excluding hydrogens is 298 g/mol. The number of aryl methyl sites for hydroxylation is 1. The van der Waals surface area contributed by atoms with Crippen molar-refractivity contribution >= 4 is 33.8 Å². The molecule has 1 amide bonds. The summed E-state index contributed by atoms with van der Waals surface area (Å²) in [5.74, 6) is -0.426. The molecule has 22 heavy (non-hydrogen) atoms. The molecule has 7 heteroatoms. The second-order valence-electron chi connectivity index (χ2n) is 5.25. The van der Waals surface area contributed by atoms with E-state index in [0.29, 0.717) is 5.56 Å². The Kier molecular flexibility index (Phi) is 4.26. The van der Waals surface area contributed by atoms with E-state index in [2.05, 4.69) is 20.5 Å². The van der Waals surface area contributed by atoms with Gasteiger partial charge >= 0.3 is 0 Å². The molecule has 2 aromatic rings. The van der Waals surface area contributed by atoms with Gasteiger partial charge in [-0.2, -0.15) is 0 Å². The molecule has 1 fully saturated rings. The van der Waals surface area contributed by atoms with Gasteiger partial charge in [-0.3, -0.25) is 4.79 Å². The van der Waals surface area contributed by atoms with E-state index in [0.717, 1.165) is 48.4 Å². The third-order valence-corrected chi connectivity index (χ3v) is 4.47. The van der Waals surface area contributed by atoms with Gasteiger partial charge in [-0.05, 0) is 25.1 Å². The first-order valence-corrected chi connectivity index (χ1v) is 8.10. The lowest BCUT2D eigenvalue weighted by Crippen LogP contribution is -2.43. The highest BCUT2D eigenvalue weighted by atomic mass is 32.1. The largest absolute Gasteiger partial charge is 0.367 e. The molecule has 0 spiro atoms. The number of nitrogens with one attached hydrogen (secondary N) is 2. The molecule has 1 aromatic carbocycles. The summed E-state index contributed by atoms with van der Waals surface area (Å²) in [6, 6.07) is 5.53. The fourth-order valence-electron chi connectivity index (χ4n) is 2.50. The van der Waals surface area contributed by atoms with Crippen molar-refractivity contribution in [2.45, 2.75) is 6.92 Å². The Morgan fingerprint density at radius 2 is 2.18 bits per heavy atom. The van der Waals surface area contributed by atoms with E-state index >= 15 is 0 Å². The molecule has 0 bridgehead atoms. The van der Waals surface area contributed by atoms with Crippen molar-refractivity contribution in [2.24, 2.45) is 5.73 Å². The van der Waals surface area contributed by atoms with Crippen LogP contribution in [0.1, 0.15) is 16.1 Å². The third kappa shape index (κ3) is 3.20. The van der Waals surface area contributed by atoms with E-state index in [9.17, 15) is 4.79 Å². The first-order valence-electron chi connectivity index (χ1n) is 7.22. The van der Waals surface area contributed by atoms with Crippen LogP contribution in [0.3, 0.4) is 0 Å². The quantitative estimate of drug-likeness (QED) is 0.799. The Hall–Kier alpha value is -2.12. The predicted octanol–water partition coefficient (Wildman–Crippen LogP) is 1.70. The zero-order valence-corrected chi connectivity index (χ0v) is 13.2. The number of primary amides is 1. The molecule has 1 aliphatic heterocycles. The number of benzene rings is 1. The fourth-order valence-corrected chi connectivity index (χ4v) is 3.20. The van der Waals surface area contributed by atoms with Gasteiger partial charge in [0, 0.05) is 37.1 Å². The Bertz CT molecular complexity index is 678. The molecule has 4 N–H and O–H groups in total. The van der Waals surface area contributed by atoms with Gasteiger partial charge < -0.3 is 21.3 Å². The summed E-state index contributed by atoms with van der Waals surface area (Å²) in [4.78, 5) is 18.2. The molecule has 3 rings (SSSR count). The van der Waals surface area contributed by atoms with Gasteiger partial charge in [0.2, 0.25) is 5.91 Å². The Morgan fingerprint density at radius 3 is 2.82 bits per heavy atom.